The predicted molar refractivity (Wildman–Crippen MR) is 84.5 cm³/mol. The first-order chi connectivity index (χ1) is 11.8. The molecule has 7 nitrogen and oxygen atoms in total. The summed E-state index contributed by atoms with van der Waals surface area (Å²) in [6.07, 6.45) is 9.47. The third kappa shape index (κ3) is 2.19. The van der Waals surface area contributed by atoms with Gasteiger partial charge in [0.2, 0.25) is 5.89 Å². The average molecular weight is 323 g/mol. The lowest BCUT2D eigenvalue weighted by molar-refractivity contribution is 0.0728. The molecule has 1 atom stereocenters. The molecule has 4 heterocycles. The van der Waals surface area contributed by atoms with Crippen molar-refractivity contribution < 1.29 is 9.32 Å². The van der Waals surface area contributed by atoms with E-state index in [9.17, 15) is 4.79 Å². The monoisotopic (exact) mass is 323 g/mol. The van der Waals surface area contributed by atoms with Crippen LogP contribution in [0.25, 0.3) is 5.65 Å². The summed E-state index contributed by atoms with van der Waals surface area (Å²) in [6, 6.07) is 3.59. The number of amides is 1. The molecule has 0 unspecified atom stereocenters. The molecule has 3 aromatic rings. The highest BCUT2D eigenvalue weighted by Crippen LogP contribution is 2.40. The summed E-state index contributed by atoms with van der Waals surface area (Å²) >= 11 is 0. The van der Waals surface area contributed by atoms with Crippen LogP contribution in [-0.2, 0) is 0 Å². The lowest BCUT2D eigenvalue weighted by Gasteiger charge is -2.22. The molecular weight excluding hydrogens is 306 g/mol. The van der Waals surface area contributed by atoms with Gasteiger partial charge < -0.3 is 13.8 Å². The number of carbonyl (C=O) groups is 1. The number of hydrogen-bond acceptors (Lipinski definition) is 5. The lowest BCUT2D eigenvalue weighted by atomic mass is 10.2. The van der Waals surface area contributed by atoms with Crippen molar-refractivity contribution in [3.8, 4) is 0 Å². The van der Waals surface area contributed by atoms with E-state index in [0.29, 0.717) is 17.3 Å². The number of fused-ring (bicyclic) bond motifs is 1. The summed E-state index contributed by atoms with van der Waals surface area (Å²) in [4.78, 5) is 23.6. The van der Waals surface area contributed by atoms with Gasteiger partial charge in [0, 0.05) is 31.1 Å². The molecule has 0 aromatic carbocycles. The van der Waals surface area contributed by atoms with Gasteiger partial charge in [0.15, 0.2) is 5.82 Å². The highest BCUT2D eigenvalue weighted by molar-refractivity contribution is 5.94. The fourth-order valence-electron chi connectivity index (χ4n) is 3.37. The number of pyridine rings is 1. The molecule has 0 N–H and O–H groups in total. The minimum absolute atomic E-state index is 0.00544. The molecule has 1 amide bonds. The Morgan fingerprint density at radius 3 is 3.04 bits per heavy atom. The maximum absolute atomic E-state index is 13.0. The number of hydrogen-bond donors (Lipinski definition) is 0. The first-order valence-corrected chi connectivity index (χ1v) is 8.37. The Morgan fingerprint density at radius 2 is 2.17 bits per heavy atom. The Hall–Kier alpha value is -2.70. The molecule has 5 rings (SSSR count). The maximum atomic E-state index is 13.0. The van der Waals surface area contributed by atoms with E-state index in [-0.39, 0.29) is 11.9 Å². The van der Waals surface area contributed by atoms with Crippen LogP contribution in [0.4, 0.5) is 0 Å². The second-order valence-electron chi connectivity index (χ2n) is 6.53. The second-order valence-corrected chi connectivity index (χ2v) is 6.53. The van der Waals surface area contributed by atoms with Gasteiger partial charge in [-0.1, -0.05) is 5.16 Å². The number of carbonyl (C=O) groups excluding carboxylic acids is 1. The van der Waals surface area contributed by atoms with E-state index in [0.717, 1.165) is 43.8 Å². The first kappa shape index (κ1) is 13.7. The fraction of sp³-hybridized carbons (Fsp3) is 0.412. The Labute approximate surface area is 138 Å². The molecule has 0 radical (unpaired) electrons. The molecule has 1 saturated heterocycles. The summed E-state index contributed by atoms with van der Waals surface area (Å²) in [5.74, 6) is 1.81. The summed E-state index contributed by atoms with van der Waals surface area (Å²) in [6.45, 7) is 0.721. The molecule has 2 fully saturated rings. The van der Waals surface area contributed by atoms with Gasteiger partial charge in [-0.2, -0.15) is 4.98 Å². The molecule has 24 heavy (non-hydrogen) atoms. The summed E-state index contributed by atoms with van der Waals surface area (Å²) in [5.41, 5.74) is 1.48. The first-order valence-electron chi connectivity index (χ1n) is 8.37. The van der Waals surface area contributed by atoms with Gasteiger partial charge in [-0.15, -0.1) is 0 Å². The van der Waals surface area contributed by atoms with E-state index in [1.54, 1.807) is 6.20 Å². The molecule has 1 saturated carbocycles. The summed E-state index contributed by atoms with van der Waals surface area (Å²) in [7, 11) is 0. The zero-order valence-electron chi connectivity index (χ0n) is 13.1. The van der Waals surface area contributed by atoms with E-state index in [1.807, 2.05) is 33.8 Å². The van der Waals surface area contributed by atoms with E-state index in [1.165, 1.54) is 0 Å². The minimum Gasteiger partial charge on any atom is -0.339 e. The Kier molecular flexibility index (Phi) is 2.95. The third-order valence-electron chi connectivity index (χ3n) is 4.83. The highest BCUT2D eigenvalue weighted by Gasteiger charge is 2.36. The third-order valence-corrected chi connectivity index (χ3v) is 4.83. The van der Waals surface area contributed by atoms with Crippen LogP contribution in [0.1, 0.15) is 59.7 Å². The molecule has 1 aliphatic carbocycles. The molecule has 7 heteroatoms. The lowest BCUT2D eigenvalue weighted by Crippen LogP contribution is -2.31. The van der Waals surface area contributed by atoms with Crippen molar-refractivity contribution in [3.63, 3.8) is 0 Å². The quantitative estimate of drug-likeness (QED) is 0.740. The van der Waals surface area contributed by atoms with Crippen LogP contribution in [0.5, 0.6) is 0 Å². The van der Waals surface area contributed by atoms with Crippen molar-refractivity contribution in [1.82, 2.24) is 24.4 Å². The number of imidazole rings is 1. The summed E-state index contributed by atoms with van der Waals surface area (Å²) in [5, 5.41) is 4.13. The molecule has 2 aliphatic rings. The van der Waals surface area contributed by atoms with Crippen molar-refractivity contribution >= 4 is 11.6 Å². The normalized spacial score (nSPS) is 20.8. The fourth-order valence-corrected chi connectivity index (χ4v) is 3.37. The van der Waals surface area contributed by atoms with Crippen molar-refractivity contribution in [1.29, 1.82) is 0 Å². The van der Waals surface area contributed by atoms with Crippen molar-refractivity contribution in [2.45, 2.75) is 37.6 Å². The van der Waals surface area contributed by atoms with Gasteiger partial charge in [-0.05, 0) is 37.8 Å². The van der Waals surface area contributed by atoms with E-state index in [4.69, 9.17) is 4.52 Å². The predicted octanol–water partition coefficient (Wildman–Crippen LogP) is 2.57. The Morgan fingerprint density at radius 1 is 1.25 bits per heavy atom. The van der Waals surface area contributed by atoms with Gasteiger partial charge in [-0.25, -0.2) is 4.98 Å². The van der Waals surface area contributed by atoms with Crippen molar-refractivity contribution in [2.75, 3.05) is 6.54 Å². The molecule has 0 bridgehead atoms. The minimum atomic E-state index is -0.0905. The molecule has 0 spiro atoms. The number of likely N-dealkylation sites (tertiary alicyclic amines) is 1. The zero-order chi connectivity index (χ0) is 16.1. The van der Waals surface area contributed by atoms with Gasteiger partial charge in [0.25, 0.3) is 5.91 Å². The van der Waals surface area contributed by atoms with Crippen LogP contribution in [0.2, 0.25) is 0 Å². The van der Waals surface area contributed by atoms with Crippen LogP contribution >= 0.6 is 0 Å². The molecule has 1 aliphatic heterocycles. The highest BCUT2D eigenvalue weighted by atomic mass is 16.5. The van der Waals surface area contributed by atoms with Crippen LogP contribution < -0.4 is 0 Å². The Balaban J connectivity index is 1.43. The van der Waals surface area contributed by atoms with E-state index >= 15 is 0 Å². The van der Waals surface area contributed by atoms with Crippen LogP contribution in [0, 0.1) is 0 Å². The standard InChI is InChI=1S/C17H17N5O2/c23-17(12-5-6-14-18-7-9-21(14)10-12)22-8-1-2-13(22)15-19-16(24-20-15)11-3-4-11/h5-7,9-11,13H,1-4,8H2/t13-/m1/s1. The van der Waals surface area contributed by atoms with Crippen LogP contribution in [-0.4, -0.2) is 36.9 Å². The number of nitrogens with zero attached hydrogens (tertiary/aromatic N) is 5. The van der Waals surface area contributed by atoms with Gasteiger partial charge in [0.05, 0.1) is 11.6 Å². The Bertz CT molecular complexity index is 910. The smallest absolute Gasteiger partial charge is 0.255 e. The number of rotatable bonds is 3. The zero-order valence-corrected chi connectivity index (χ0v) is 13.1. The molecule has 3 aromatic heterocycles. The topological polar surface area (TPSA) is 76.5 Å². The van der Waals surface area contributed by atoms with E-state index < -0.39 is 0 Å². The van der Waals surface area contributed by atoms with Gasteiger partial charge in [0.1, 0.15) is 5.65 Å². The van der Waals surface area contributed by atoms with E-state index in [2.05, 4.69) is 15.1 Å². The average Bonchev–Trinajstić information content (AvgIpc) is 3.06. The van der Waals surface area contributed by atoms with Gasteiger partial charge in [-0.3, -0.25) is 4.79 Å². The van der Waals surface area contributed by atoms with Crippen LogP contribution in [0.15, 0.2) is 35.2 Å². The molecule has 122 valence electrons. The van der Waals surface area contributed by atoms with Crippen molar-refractivity contribution in [2.24, 2.45) is 0 Å². The van der Waals surface area contributed by atoms with Gasteiger partial charge >= 0.3 is 0 Å². The molecular formula is C17H17N5O2. The van der Waals surface area contributed by atoms with Crippen molar-refractivity contribution in [3.05, 3.63) is 48.0 Å². The summed E-state index contributed by atoms with van der Waals surface area (Å²) < 4.78 is 7.23. The SMILES string of the molecule is O=C(c1ccc2nccn2c1)N1CCC[C@@H]1c1noc(C2CC2)n1. The van der Waals surface area contributed by atoms with Crippen LogP contribution in [0.3, 0.4) is 0 Å². The maximum Gasteiger partial charge on any atom is 0.255 e. The largest absolute Gasteiger partial charge is 0.339 e. The second kappa shape index (κ2) is 5.15. The number of aromatic nitrogens is 4.